The summed E-state index contributed by atoms with van der Waals surface area (Å²) < 4.78 is 1.65. The summed E-state index contributed by atoms with van der Waals surface area (Å²) in [6.07, 6.45) is 1.44. The first-order valence-electron chi connectivity index (χ1n) is 10.1. The summed E-state index contributed by atoms with van der Waals surface area (Å²) in [5, 5.41) is 3.05. The normalized spacial score (nSPS) is 14.9. The van der Waals surface area contributed by atoms with Gasteiger partial charge < -0.3 is 14.8 Å². The Bertz CT molecular complexity index is 1080. The van der Waals surface area contributed by atoms with Crippen molar-refractivity contribution < 1.29 is 4.79 Å². The van der Waals surface area contributed by atoms with Crippen molar-refractivity contribution in [3.8, 4) is 0 Å². The number of aromatic nitrogens is 2. The van der Waals surface area contributed by atoms with Crippen LogP contribution < -0.4 is 15.8 Å². The van der Waals surface area contributed by atoms with Gasteiger partial charge in [0.15, 0.2) is 5.82 Å². The summed E-state index contributed by atoms with van der Waals surface area (Å²) in [5.74, 6) is 0.537. The average molecular weight is 390 g/mol. The van der Waals surface area contributed by atoms with Gasteiger partial charge in [-0.15, -0.1) is 0 Å². The Hall–Kier alpha value is -3.15. The van der Waals surface area contributed by atoms with Crippen LogP contribution in [-0.4, -0.2) is 28.5 Å². The Kier molecular flexibility index (Phi) is 5.34. The van der Waals surface area contributed by atoms with E-state index >= 15 is 0 Å². The molecule has 0 aliphatic carbocycles. The molecule has 1 aromatic heterocycles. The maximum Gasteiger partial charge on any atom is 0.293 e. The molecule has 6 heteroatoms. The lowest BCUT2D eigenvalue weighted by Crippen LogP contribution is -2.43. The molecule has 1 N–H and O–H groups in total. The van der Waals surface area contributed by atoms with E-state index in [4.69, 9.17) is 0 Å². The minimum absolute atomic E-state index is 0.0268. The number of piperidine rings is 1. The summed E-state index contributed by atoms with van der Waals surface area (Å²) >= 11 is 0. The van der Waals surface area contributed by atoms with Crippen LogP contribution >= 0.6 is 0 Å². The van der Waals surface area contributed by atoms with Crippen molar-refractivity contribution in [3.05, 3.63) is 70.0 Å². The first kappa shape index (κ1) is 19.2. The van der Waals surface area contributed by atoms with E-state index in [0.717, 1.165) is 29.4 Å². The maximum absolute atomic E-state index is 12.8. The molecule has 0 radical (unpaired) electrons. The molecule has 1 amide bonds. The minimum Gasteiger partial charge on any atom is -0.352 e. The van der Waals surface area contributed by atoms with E-state index in [1.54, 1.807) is 11.6 Å². The number of para-hydroxylation sites is 2. The van der Waals surface area contributed by atoms with Crippen molar-refractivity contribution in [2.45, 2.75) is 26.3 Å². The molecular formula is C23H26N4O2. The maximum atomic E-state index is 12.8. The number of nitrogens with one attached hydrogen (secondary N) is 1. The number of hydrogen-bond acceptors (Lipinski definition) is 4. The standard InChI is InChI=1S/C23H26N4O2/c1-16-7-9-17(10-8-16)15-24-22(28)18-11-13-27(14-12-18)21-23(29)26(2)20-6-4-3-5-19(20)25-21/h3-10,18H,11-15H2,1-2H3,(H,24,28). The van der Waals surface area contributed by atoms with Crippen molar-refractivity contribution >= 4 is 22.8 Å². The fourth-order valence-corrected chi connectivity index (χ4v) is 3.86. The Balaban J connectivity index is 1.40. The van der Waals surface area contributed by atoms with Crippen LogP contribution in [0, 0.1) is 12.8 Å². The second kappa shape index (κ2) is 8.07. The van der Waals surface area contributed by atoms with Gasteiger partial charge in [-0.2, -0.15) is 0 Å². The predicted octanol–water partition coefficient (Wildman–Crippen LogP) is 2.77. The summed E-state index contributed by atoms with van der Waals surface area (Å²) in [4.78, 5) is 31.9. The van der Waals surface area contributed by atoms with Crippen LogP contribution in [0.4, 0.5) is 5.82 Å². The van der Waals surface area contributed by atoms with Gasteiger partial charge in [0.2, 0.25) is 5.91 Å². The number of hydrogen-bond donors (Lipinski definition) is 1. The molecule has 1 aliphatic rings. The van der Waals surface area contributed by atoms with Gasteiger partial charge in [-0.1, -0.05) is 42.0 Å². The molecule has 29 heavy (non-hydrogen) atoms. The van der Waals surface area contributed by atoms with Crippen molar-refractivity contribution in [1.29, 1.82) is 0 Å². The van der Waals surface area contributed by atoms with Gasteiger partial charge in [0.25, 0.3) is 5.56 Å². The zero-order valence-electron chi connectivity index (χ0n) is 16.9. The third kappa shape index (κ3) is 4.01. The monoisotopic (exact) mass is 390 g/mol. The van der Waals surface area contributed by atoms with Gasteiger partial charge in [-0.05, 0) is 37.5 Å². The Morgan fingerprint density at radius 1 is 1.10 bits per heavy atom. The quantitative estimate of drug-likeness (QED) is 0.744. The lowest BCUT2D eigenvalue weighted by Gasteiger charge is -2.32. The highest BCUT2D eigenvalue weighted by atomic mass is 16.2. The van der Waals surface area contributed by atoms with Crippen LogP contribution in [0.25, 0.3) is 11.0 Å². The Labute approximate surface area is 170 Å². The molecule has 0 atom stereocenters. The van der Waals surface area contributed by atoms with Crippen LogP contribution in [0.2, 0.25) is 0 Å². The molecule has 2 heterocycles. The molecule has 6 nitrogen and oxygen atoms in total. The number of amides is 1. The topological polar surface area (TPSA) is 67.2 Å². The minimum atomic E-state index is -0.0917. The fraction of sp³-hybridized carbons (Fsp3) is 0.348. The largest absolute Gasteiger partial charge is 0.352 e. The smallest absolute Gasteiger partial charge is 0.293 e. The third-order valence-electron chi connectivity index (χ3n) is 5.72. The van der Waals surface area contributed by atoms with Crippen LogP contribution in [0.15, 0.2) is 53.3 Å². The number of rotatable bonds is 4. The van der Waals surface area contributed by atoms with Crippen molar-refractivity contribution in [2.24, 2.45) is 13.0 Å². The van der Waals surface area contributed by atoms with Crippen molar-refractivity contribution in [2.75, 3.05) is 18.0 Å². The number of fused-ring (bicyclic) bond motifs is 1. The lowest BCUT2D eigenvalue weighted by molar-refractivity contribution is -0.125. The molecule has 1 saturated heterocycles. The van der Waals surface area contributed by atoms with Crippen LogP contribution in [-0.2, 0) is 18.4 Å². The second-order valence-electron chi connectivity index (χ2n) is 7.75. The zero-order chi connectivity index (χ0) is 20.4. The SMILES string of the molecule is Cc1ccc(CNC(=O)C2CCN(c3nc4ccccc4n(C)c3=O)CC2)cc1. The number of nitrogens with zero attached hydrogens (tertiary/aromatic N) is 3. The van der Waals surface area contributed by atoms with E-state index in [1.165, 1.54) is 5.56 Å². The van der Waals surface area contributed by atoms with Crippen LogP contribution in [0.1, 0.15) is 24.0 Å². The molecular weight excluding hydrogens is 364 g/mol. The molecule has 1 aliphatic heterocycles. The van der Waals surface area contributed by atoms with E-state index in [1.807, 2.05) is 48.2 Å². The van der Waals surface area contributed by atoms with E-state index in [9.17, 15) is 9.59 Å². The molecule has 3 aromatic rings. The van der Waals surface area contributed by atoms with Gasteiger partial charge in [-0.3, -0.25) is 9.59 Å². The van der Waals surface area contributed by atoms with Crippen LogP contribution in [0.3, 0.4) is 0 Å². The zero-order valence-corrected chi connectivity index (χ0v) is 16.9. The molecule has 4 rings (SSSR count). The molecule has 0 saturated carbocycles. The fourth-order valence-electron chi connectivity index (χ4n) is 3.86. The molecule has 2 aromatic carbocycles. The Morgan fingerprint density at radius 2 is 1.79 bits per heavy atom. The lowest BCUT2D eigenvalue weighted by atomic mass is 9.96. The van der Waals surface area contributed by atoms with E-state index in [-0.39, 0.29) is 17.4 Å². The summed E-state index contributed by atoms with van der Waals surface area (Å²) in [5.41, 5.74) is 3.85. The number of carbonyl (C=O) groups is 1. The highest BCUT2D eigenvalue weighted by Gasteiger charge is 2.27. The van der Waals surface area contributed by atoms with Gasteiger partial charge in [0.1, 0.15) is 0 Å². The molecule has 0 unspecified atom stereocenters. The predicted molar refractivity (Wildman–Crippen MR) is 115 cm³/mol. The number of carbonyl (C=O) groups excluding carboxylic acids is 1. The molecule has 1 fully saturated rings. The van der Waals surface area contributed by atoms with Crippen molar-refractivity contribution in [3.63, 3.8) is 0 Å². The van der Waals surface area contributed by atoms with Crippen LogP contribution in [0.5, 0.6) is 0 Å². The highest BCUT2D eigenvalue weighted by molar-refractivity contribution is 5.79. The molecule has 150 valence electrons. The summed E-state index contributed by atoms with van der Waals surface area (Å²) in [6.45, 7) is 3.91. The van der Waals surface area contributed by atoms with Crippen molar-refractivity contribution in [1.82, 2.24) is 14.9 Å². The highest BCUT2D eigenvalue weighted by Crippen LogP contribution is 2.22. The van der Waals surface area contributed by atoms with Gasteiger partial charge in [0, 0.05) is 32.6 Å². The average Bonchev–Trinajstić information content (AvgIpc) is 2.76. The number of anilines is 1. The van der Waals surface area contributed by atoms with Gasteiger partial charge >= 0.3 is 0 Å². The number of benzene rings is 2. The van der Waals surface area contributed by atoms with E-state index in [0.29, 0.717) is 25.5 Å². The summed E-state index contributed by atoms with van der Waals surface area (Å²) in [6, 6.07) is 15.8. The first-order chi connectivity index (χ1) is 14.0. The summed E-state index contributed by atoms with van der Waals surface area (Å²) in [7, 11) is 1.78. The van der Waals surface area contributed by atoms with Gasteiger partial charge in [-0.25, -0.2) is 4.98 Å². The molecule has 0 spiro atoms. The third-order valence-corrected chi connectivity index (χ3v) is 5.72. The first-order valence-corrected chi connectivity index (χ1v) is 10.1. The molecule has 0 bridgehead atoms. The van der Waals surface area contributed by atoms with E-state index in [2.05, 4.69) is 22.4 Å². The van der Waals surface area contributed by atoms with E-state index < -0.39 is 0 Å². The van der Waals surface area contributed by atoms with Gasteiger partial charge in [0.05, 0.1) is 11.0 Å². The Morgan fingerprint density at radius 3 is 2.52 bits per heavy atom. The number of aryl methyl sites for hydroxylation is 2. The second-order valence-corrected chi connectivity index (χ2v) is 7.75.